The van der Waals surface area contributed by atoms with Crippen molar-refractivity contribution in [3.8, 4) is 0 Å². The number of nitrogens with zero attached hydrogens (tertiary/aromatic N) is 1. The number of carboxylic acid groups (broad SMARTS) is 1. The van der Waals surface area contributed by atoms with E-state index in [-0.39, 0.29) is 16.8 Å². The highest BCUT2D eigenvalue weighted by Gasteiger charge is 2.20. The van der Waals surface area contributed by atoms with Crippen molar-refractivity contribution in [2.24, 2.45) is 0 Å². The van der Waals surface area contributed by atoms with E-state index in [2.05, 4.69) is 0 Å². The number of thioether (sulfide) groups is 1. The molecule has 0 aliphatic rings. The summed E-state index contributed by atoms with van der Waals surface area (Å²) < 4.78 is 0.637. The maximum Gasteiger partial charge on any atom is 0.186 e. The molecule has 82 valence electrons. The van der Waals surface area contributed by atoms with Crippen LogP contribution in [0, 0.1) is 0 Å². The summed E-state index contributed by atoms with van der Waals surface area (Å²) in [5.74, 6) is -1.10. The number of hydrogen-bond acceptors (Lipinski definition) is 4. The van der Waals surface area contributed by atoms with Crippen molar-refractivity contribution in [2.75, 3.05) is 27.7 Å². The third-order valence-electron chi connectivity index (χ3n) is 1.48. The summed E-state index contributed by atoms with van der Waals surface area (Å²) in [4.78, 5) is 21.3. The highest BCUT2D eigenvalue weighted by atomic mass is 32.2. The Kier molecular flexibility index (Phi) is 5.15. The van der Waals surface area contributed by atoms with Crippen molar-refractivity contribution in [1.29, 1.82) is 0 Å². The van der Waals surface area contributed by atoms with Gasteiger partial charge in [-0.2, -0.15) is 0 Å². The van der Waals surface area contributed by atoms with E-state index in [1.54, 1.807) is 0 Å². The van der Waals surface area contributed by atoms with Gasteiger partial charge in [0.05, 0.1) is 32.9 Å². The lowest BCUT2D eigenvalue weighted by molar-refractivity contribution is -0.869. The van der Waals surface area contributed by atoms with Gasteiger partial charge in [-0.25, -0.2) is 0 Å². The lowest BCUT2D eigenvalue weighted by Gasteiger charge is -2.28. The molecule has 0 aliphatic heterocycles. The topological polar surface area (TPSA) is 57.2 Å². The zero-order valence-corrected chi connectivity index (χ0v) is 9.89. The van der Waals surface area contributed by atoms with E-state index in [1.807, 2.05) is 21.1 Å². The molecule has 0 radical (unpaired) electrons. The maximum atomic E-state index is 10.9. The van der Waals surface area contributed by atoms with Crippen LogP contribution in [0.2, 0.25) is 0 Å². The minimum atomic E-state index is -1.10. The summed E-state index contributed by atoms with van der Waals surface area (Å²) in [7, 11) is 5.88. The molecular weight excluding hydrogens is 202 g/mol. The summed E-state index contributed by atoms with van der Waals surface area (Å²) in [6.07, 6.45) is -0.0697. The minimum Gasteiger partial charge on any atom is -0.550 e. The molecule has 5 heteroatoms. The van der Waals surface area contributed by atoms with Gasteiger partial charge in [-0.1, -0.05) is 11.8 Å². The molecule has 0 saturated heterocycles. The van der Waals surface area contributed by atoms with E-state index in [1.165, 1.54) is 6.92 Å². The van der Waals surface area contributed by atoms with Crippen molar-refractivity contribution in [1.82, 2.24) is 0 Å². The predicted molar refractivity (Wildman–Crippen MR) is 54.6 cm³/mol. The summed E-state index contributed by atoms with van der Waals surface area (Å²) in [5, 5.41) is 10.2. The number of carboxylic acids is 1. The average molecular weight is 219 g/mol. The molecule has 0 rings (SSSR count). The van der Waals surface area contributed by atoms with Crippen molar-refractivity contribution in [3.05, 3.63) is 0 Å². The number of aliphatic carboxylic acids is 1. The van der Waals surface area contributed by atoms with Crippen LogP contribution in [0.3, 0.4) is 0 Å². The second-order valence-corrected chi connectivity index (χ2v) is 5.76. The molecule has 0 bridgehead atoms. The molecule has 1 atom stereocenters. The van der Waals surface area contributed by atoms with Crippen molar-refractivity contribution >= 4 is 22.8 Å². The second kappa shape index (κ2) is 5.36. The molecule has 0 spiro atoms. The van der Waals surface area contributed by atoms with E-state index < -0.39 is 5.97 Å². The Labute approximate surface area is 88.9 Å². The van der Waals surface area contributed by atoms with Gasteiger partial charge in [0, 0.05) is 19.3 Å². The fraction of sp³-hybridized carbons (Fsp3) is 0.778. The van der Waals surface area contributed by atoms with Gasteiger partial charge >= 0.3 is 0 Å². The van der Waals surface area contributed by atoms with E-state index in [0.29, 0.717) is 11.0 Å². The molecule has 0 aromatic carbocycles. The summed E-state index contributed by atoms with van der Waals surface area (Å²) in [6.45, 7) is 2.08. The largest absolute Gasteiger partial charge is 0.550 e. The van der Waals surface area contributed by atoms with Crippen molar-refractivity contribution < 1.29 is 19.2 Å². The first kappa shape index (κ1) is 13.4. The zero-order chi connectivity index (χ0) is 11.4. The third kappa shape index (κ3) is 8.07. The fourth-order valence-electron chi connectivity index (χ4n) is 1.17. The van der Waals surface area contributed by atoms with Crippen LogP contribution in [0.15, 0.2) is 0 Å². The van der Waals surface area contributed by atoms with Crippen molar-refractivity contribution in [2.45, 2.75) is 18.6 Å². The molecule has 0 aliphatic carbocycles. The fourth-order valence-corrected chi connectivity index (χ4v) is 2.39. The van der Waals surface area contributed by atoms with Crippen LogP contribution in [-0.4, -0.2) is 48.5 Å². The average Bonchev–Trinajstić information content (AvgIpc) is 1.77. The quantitative estimate of drug-likeness (QED) is 0.584. The summed E-state index contributed by atoms with van der Waals surface area (Å²) >= 11 is 1.08. The molecule has 0 N–H and O–H groups in total. The standard InChI is InChI=1S/C9H17NO3S/c1-7(11)14-8(5-9(12)13)6-10(2,3)4/h8H,5-6H2,1-4H3. The highest BCUT2D eigenvalue weighted by molar-refractivity contribution is 8.14. The number of carbonyl (C=O) groups excluding carboxylic acids is 2. The van der Waals surface area contributed by atoms with Crippen LogP contribution in [0.4, 0.5) is 0 Å². The molecular formula is C9H17NO3S. The van der Waals surface area contributed by atoms with Gasteiger partial charge in [-0.05, 0) is 0 Å². The molecule has 0 aromatic rings. The number of hydrogen-bond donors (Lipinski definition) is 0. The van der Waals surface area contributed by atoms with E-state index in [9.17, 15) is 14.7 Å². The van der Waals surface area contributed by atoms with Crippen LogP contribution in [-0.2, 0) is 9.59 Å². The molecule has 0 saturated carbocycles. The van der Waals surface area contributed by atoms with Crippen LogP contribution in [0.5, 0.6) is 0 Å². The Morgan fingerprint density at radius 1 is 1.36 bits per heavy atom. The Balaban J connectivity index is 4.24. The Bertz CT molecular complexity index is 207. The Morgan fingerprint density at radius 2 is 1.86 bits per heavy atom. The number of quaternary nitrogens is 1. The van der Waals surface area contributed by atoms with Crippen LogP contribution < -0.4 is 5.11 Å². The monoisotopic (exact) mass is 219 g/mol. The predicted octanol–water partition coefficient (Wildman–Crippen LogP) is -0.519. The zero-order valence-electron chi connectivity index (χ0n) is 9.07. The van der Waals surface area contributed by atoms with Crippen LogP contribution >= 0.6 is 11.8 Å². The lowest BCUT2D eigenvalue weighted by atomic mass is 10.3. The normalized spacial score (nSPS) is 13.7. The van der Waals surface area contributed by atoms with Gasteiger partial charge in [0.25, 0.3) is 0 Å². The molecule has 1 unspecified atom stereocenters. The maximum absolute atomic E-state index is 10.9. The van der Waals surface area contributed by atoms with E-state index >= 15 is 0 Å². The van der Waals surface area contributed by atoms with E-state index in [0.717, 1.165) is 11.8 Å². The molecule has 4 nitrogen and oxygen atoms in total. The van der Waals surface area contributed by atoms with Gasteiger partial charge in [0.1, 0.15) is 0 Å². The molecule has 0 aromatic heterocycles. The molecule has 0 heterocycles. The van der Waals surface area contributed by atoms with Crippen LogP contribution in [0.1, 0.15) is 13.3 Å². The summed E-state index contributed by atoms with van der Waals surface area (Å²) in [6, 6.07) is 0. The highest BCUT2D eigenvalue weighted by Crippen LogP contribution is 2.17. The minimum absolute atomic E-state index is 0.0512. The van der Waals surface area contributed by atoms with Crippen molar-refractivity contribution in [3.63, 3.8) is 0 Å². The molecule has 0 fully saturated rings. The number of rotatable bonds is 5. The first-order valence-corrected chi connectivity index (χ1v) is 5.26. The SMILES string of the molecule is CC(=O)SC(CC(=O)[O-])C[N+](C)(C)C. The second-order valence-electron chi connectivity index (χ2n) is 4.28. The van der Waals surface area contributed by atoms with Gasteiger partial charge in [-0.3, -0.25) is 4.79 Å². The smallest absolute Gasteiger partial charge is 0.186 e. The summed E-state index contributed by atoms with van der Waals surface area (Å²) in [5.41, 5.74) is 0. The number of carbonyl (C=O) groups is 2. The molecule has 0 amide bonds. The third-order valence-corrected chi connectivity index (χ3v) is 2.46. The van der Waals surface area contributed by atoms with Gasteiger partial charge in [0.2, 0.25) is 0 Å². The lowest BCUT2D eigenvalue weighted by Crippen LogP contribution is -2.42. The van der Waals surface area contributed by atoms with Crippen LogP contribution in [0.25, 0.3) is 0 Å². The Morgan fingerprint density at radius 3 is 2.14 bits per heavy atom. The molecule has 14 heavy (non-hydrogen) atoms. The Hall–Kier alpha value is -0.550. The first-order valence-electron chi connectivity index (χ1n) is 4.38. The van der Waals surface area contributed by atoms with E-state index in [4.69, 9.17) is 0 Å². The first-order chi connectivity index (χ1) is 6.20. The van der Waals surface area contributed by atoms with Gasteiger partial charge in [-0.15, -0.1) is 0 Å². The van der Waals surface area contributed by atoms with Gasteiger partial charge in [0.15, 0.2) is 5.12 Å². The van der Waals surface area contributed by atoms with Gasteiger partial charge < -0.3 is 14.4 Å².